The first kappa shape index (κ1) is 13.2. The Labute approximate surface area is 101 Å². The van der Waals surface area contributed by atoms with Gasteiger partial charge in [-0.2, -0.15) is 0 Å². The van der Waals surface area contributed by atoms with Crippen LogP contribution in [0, 0.1) is 0 Å². The van der Waals surface area contributed by atoms with E-state index in [2.05, 4.69) is 6.92 Å². The zero-order valence-corrected chi connectivity index (χ0v) is 5.69. The van der Waals surface area contributed by atoms with Crippen molar-refractivity contribution in [2.45, 2.75) is 39.0 Å². The van der Waals surface area contributed by atoms with E-state index in [1.165, 1.54) is 25.7 Å². The van der Waals surface area contributed by atoms with Crippen molar-refractivity contribution >= 4 is 51.4 Å². The first-order chi connectivity index (χ1) is 3.91. The molecule has 0 rings (SSSR count). The van der Waals surface area contributed by atoms with Gasteiger partial charge >= 0.3 is 51.4 Å². The van der Waals surface area contributed by atoms with Gasteiger partial charge in [0.05, 0.1) is 0 Å². The van der Waals surface area contributed by atoms with Gasteiger partial charge in [0, 0.05) is 6.61 Å². The Kier molecular flexibility index (Phi) is 18.0. The Morgan fingerprint density at radius 2 is 1.56 bits per heavy atom. The number of rotatable bonds is 5. The van der Waals surface area contributed by atoms with E-state index < -0.39 is 0 Å². The summed E-state index contributed by atoms with van der Waals surface area (Å²) < 4.78 is 0. The summed E-state index contributed by atoms with van der Waals surface area (Å²) in [6.07, 6.45) is 6.08. The Morgan fingerprint density at radius 3 is 2.00 bits per heavy atom. The molecule has 1 N–H and O–H groups in total. The topological polar surface area (TPSA) is 20.2 Å². The first-order valence-corrected chi connectivity index (χ1v) is 3.52. The normalized spacial score (nSPS) is 8.67. The zero-order chi connectivity index (χ0) is 6.24. The third-order valence-electron chi connectivity index (χ3n) is 1.26. The molecule has 0 radical (unpaired) electrons. The molecule has 0 bridgehead atoms. The maximum atomic E-state index is 8.37. The molecule has 52 valence electrons. The predicted molar refractivity (Wildman–Crippen MR) is 43.0 cm³/mol. The van der Waals surface area contributed by atoms with Crippen molar-refractivity contribution in [1.82, 2.24) is 0 Å². The molecular formula is C7H17KO. The van der Waals surface area contributed by atoms with Crippen LogP contribution in [0.5, 0.6) is 0 Å². The van der Waals surface area contributed by atoms with Crippen LogP contribution in [0.3, 0.4) is 0 Å². The summed E-state index contributed by atoms with van der Waals surface area (Å²) in [4.78, 5) is 0. The van der Waals surface area contributed by atoms with Gasteiger partial charge in [-0.05, 0) is 6.42 Å². The average Bonchev–Trinajstić information content (AvgIpc) is 1.81. The van der Waals surface area contributed by atoms with Crippen LogP contribution in [0.1, 0.15) is 39.0 Å². The number of hydrogen-bond acceptors (Lipinski definition) is 1. The molecule has 0 aromatic heterocycles. The van der Waals surface area contributed by atoms with Gasteiger partial charge in [0.1, 0.15) is 0 Å². The molecule has 0 saturated heterocycles. The summed E-state index contributed by atoms with van der Waals surface area (Å²) in [5.74, 6) is 0. The molecular weight excluding hydrogens is 139 g/mol. The Hall–Kier alpha value is 1.60. The van der Waals surface area contributed by atoms with E-state index in [1.807, 2.05) is 0 Å². The quantitative estimate of drug-likeness (QED) is 0.470. The molecule has 0 aromatic rings. The van der Waals surface area contributed by atoms with Crippen molar-refractivity contribution in [3.8, 4) is 0 Å². The van der Waals surface area contributed by atoms with Gasteiger partial charge in [0.25, 0.3) is 0 Å². The molecule has 1 nitrogen and oxygen atoms in total. The van der Waals surface area contributed by atoms with Gasteiger partial charge in [0.2, 0.25) is 0 Å². The summed E-state index contributed by atoms with van der Waals surface area (Å²) in [5.41, 5.74) is 0. The van der Waals surface area contributed by atoms with Gasteiger partial charge in [0.15, 0.2) is 0 Å². The molecule has 0 aliphatic carbocycles. The van der Waals surface area contributed by atoms with Crippen molar-refractivity contribution in [3.05, 3.63) is 0 Å². The van der Waals surface area contributed by atoms with E-state index in [-0.39, 0.29) is 51.4 Å². The predicted octanol–water partition coefficient (Wildman–Crippen LogP) is 1.30. The van der Waals surface area contributed by atoms with Crippen LogP contribution in [-0.4, -0.2) is 63.1 Å². The SMILES string of the molecule is CCCCCCCO.[KH]. The van der Waals surface area contributed by atoms with Gasteiger partial charge in [-0.25, -0.2) is 0 Å². The van der Waals surface area contributed by atoms with Crippen LogP contribution in [0.25, 0.3) is 0 Å². The molecule has 0 fully saturated rings. The van der Waals surface area contributed by atoms with Crippen molar-refractivity contribution in [2.24, 2.45) is 0 Å². The molecule has 0 amide bonds. The average molecular weight is 156 g/mol. The third kappa shape index (κ3) is 12.7. The standard InChI is InChI=1S/C7H16O.K.H/c1-2-3-4-5-6-7-8;;/h8H,2-7H2,1H3;;. The molecule has 0 aromatic carbocycles. The van der Waals surface area contributed by atoms with Crippen LogP contribution >= 0.6 is 0 Å². The monoisotopic (exact) mass is 156 g/mol. The summed E-state index contributed by atoms with van der Waals surface area (Å²) in [6.45, 7) is 2.56. The van der Waals surface area contributed by atoms with Crippen LogP contribution in [0.4, 0.5) is 0 Å². The molecule has 2 heteroatoms. The number of unbranched alkanes of at least 4 members (excludes halogenated alkanes) is 4. The van der Waals surface area contributed by atoms with E-state index >= 15 is 0 Å². The van der Waals surface area contributed by atoms with Crippen LogP contribution in [0.15, 0.2) is 0 Å². The van der Waals surface area contributed by atoms with Gasteiger partial charge in [-0.3, -0.25) is 0 Å². The molecule has 9 heavy (non-hydrogen) atoms. The Balaban J connectivity index is 0. The second kappa shape index (κ2) is 12.3. The Bertz CT molecular complexity index is 33.9. The van der Waals surface area contributed by atoms with Crippen molar-refractivity contribution < 1.29 is 5.11 Å². The van der Waals surface area contributed by atoms with Crippen LogP contribution < -0.4 is 0 Å². The van der Waals surface area contributed by atoms with E-state index in [0.29, 0.717) is 6.61 Å². The number of aliphatic hydroxyl groups excluding tert-OH is 1. The minimum atomic E-state index is 0. The summed E-state index contributed by atoms with van der Waals surface area (Å²) in [6, 6.07) is 0. The second-order valence-corrected chi connectivity index (χ2v) is 2.14. The van der Waals surface area contributed by atoms with Crippen molar-refractivity contribution in [1.29, 1.82) is 0 Å². The zero-order valence-electron chi connectivity index (χ0n) is 5.69. The fourth-order valence-corrected chi connectivity index (χ4v) is 0.715. The van der Waals surface area contributed by atoms with Gasteiger partial charge in [-0.1, -0.05) is 32.6 Å². The van der Waals surface area contributed by atoms with Crippen LogP contribution in [0.2, 0.25) is 0 Å². The van der Waals surface area contributed by atoms with Gasteiger partial charge < -0.3 is 5.11 Å². The molecule has 0 unspecified atom stereocenters. The third-order valence-corrected chi connectivity index (χ3v) is 1.26. The van der Waals surface area contributed by atoms with Crippen LogP contribution in [-0.2, 0) is 0 Å². The molecule has 0 heterocycles. The molecule has 0 atom stereocenters. The number of aliphatic hydroxyl groups is 1. The van der Waals surface area contributed by atoms with E-state index in [0.717, 1.165) is 6.42 Å². The molecule has 0 saturated carbocycles. The van der Waals surface area contributed by atoms with E-state index in [4.69, 9.17) is 5.11 Å². The summed E-state index contributed by atoms with van der Waals surface area (Å²) in [5, 5.41) is 8.37. The van der Waals surface area contributed by atoms with Crippen molar-refractivity contribution in [3.63, 3.8) is 0 Å². The molecule has 0 spiro atoms. The van der Waals surface area contributed by atoms with Gasteiger partial charge in [-0.15, -0.1) is 0 Å². The number of hydrogen-bond donors (Lipinski definition) is 1. The fraction of sp³-hybridized carbons (Fsp3) is 1.00. The Morgan fingerprint density at radius 1 is 1.00 bits per heavy atom. The fourth-order valence-electron chi connectivity index (χ4n) is 0.715. The maximum absolute atomic E-state index is 8.37. The first-order valence-electron chi connectivity index (χ1n) is 3.52. The summed E-state index contributed by atoms with van der Waals surface area (Å²) >= 11 is 0. The molecule has 0 aliphatic heterocycles. The van der Waals surface area contributed by atoms with E-state index in [1.54, 1.807) is 0 Å². The second-order valence-electron chi connectivity index (χ2n) is 2.14. The van der Waals surface area contributed by atoms with E-state index in [9.17, 15) is 0 Å². The summed E-state index contributed by atoms with van der Waals surface area (Å²) in [7, 11) is 0. The van der Waals surface area contributed by atoms with Crippen molar-refractivity contribution in [2.75, 3.05) is 6.61 Å². The minimum absolute atomic E-state index is 0. The molecule has 0 aliphatic rings.